The molecule has 0 aliphatic carbocycles. The molecular weight excluding hydrogens is 238 g/mol. The van der Waals surface area contributed by atoms with Crippen molar-refractivity contribution in [1.82, 2.24) is 24.6 Å². The van der Waals surface area contributed by atoms with E-state index in [0.29, 0.717) is 5.92 Å². The zero-order valence-electron chi connectivity index (χ0n) is 11.5. The third kappa shape index (κ3) is 2.51. The molecule has 3 heterocycles. The van der Waals surface area contributed by atoms with Gasteiger partial charge in [0.25, 0.3) is 0 Å². The van der Waals surface area contributed by atoms with Crippen molar-refractivity contribution in [3.8, 4) is 11.4 Å². The maximum atomic E-state index is 4.78. The second-order valence-corrected chi connectivity index (χ2v) is 5.25. The van der Waals surface area contributed by atoms with Crippen molar-refractivity contribution >= 4 is 0 Å². The lowest BCUT2D eigenvalue weighted by molar-refractivity contribution is 0.253. The number of hydrogen-bond donors (Lipinski definition) is 0. The highest BCUT2D eigenvalue weighted by Gasteiger charge is 2.20. The first kappa shape index (κ1) is 12.3. The van der Waals surface area contributed by atoms with E-state index in [0.717, 1.165) is 30.2 Å². The zero-order valence-corrected chi connectivity index (χ0v) is 11.5. The van der Waals surface area contributed by atoms with E-state index in [-0.39, 0.29) is 0 Å². The first-order valence-electron chi connectivity index (χ1n) is 6.73. The van der Waals surface area contributed by atoms with Crippen LogP contribution >= 0.6 is 0 Å². The molecule has 0 bridgehead atoms. The molecule has 2 aromatic heterocycles. The van der Waals surface area contributed by atoms with Gasteiger partial charge in [0.15, 0.2) is 0 Å². The highest BCUT2D eigenvalue weighted by atomic mass is 15.3. The van der Waals surface area contributed by atoms with Crippen LogP contribution in [0.3, 0.4) is 0 Å². The highest BCUT2D eigenvalue weighted by Crippen LogP contribution is 2.27. The molecule has 100 valence electrons. The van der Waals surface area contributed by atoms with Gasteiger partial charge in [0, 0.05) is 25.4 Å². The zero-order chi connectivity index (χ0) is 13.2. The molecule has 1 aliphatic heterocycles. The van der Waals surface area contributed by atoms with E-state index in [2.05, 4.69) is 22.0 Å². The van der Waals surface area contributed by atoms with Crippen LogP contribution in [0.1, 0.15) is 24.5 Å². The maximum Gasteiger partial charge on any atom is 0.107 e. The molecule has 0 spiro atoms. The second kappa shape index (κ2) is 5.09. The summed E-state index contributed by atoms with van der Waals surface area (Å²) >= 11 is 0. The molecule has 0 aromatic carbocycles. The van der Waals surface area contributed by atoms with Gasteiger partial charge in [-0.05, 0) is 39.0 Å². The molecule has 0 N–H and O–H groups in total. The molecule has 0 unspecified atom stereocenters. The van der Waals surface area contributed by atoms with Crippen LogP contribution in [0, 0.1) is 0 Å². The molecule has 0 amide bonds. The van der Waals surface area contributed by atoms with Gasteiger partial charge in [-0.25, -0.2) is 4.98 Å². The van der Waals surface area contributed by atoms with Gasteiger partial charge in [0.2, 0.25) is 0 Å². The fourth-order valence-electron chi connectivity index (χ4n) is 2.63. The summed E-state index contributed by atoms with van der Waals surface area (Å²) in [7, 11) is 4.10. The van der Waals surface area contributed by atoms with Gasteiger partial charge in [-0.2, -0.15) is 5.10 Å². The van der Waals surface area contributed by atoms with Gasteiger partial charge >= 0.3 is 0 Å². The Kier molecular flexibility index (Phi) is 3.29. The molecular formula is C14H19N5. The molecule has 0 radical (unpaired) electrons. The quantitative estimate of drug-likeness (QED) is 0.821. The number of nitrogens with zero attached hydrogens (tertiary/aromatic N) is 5. The average molecular weight is 257 g/mol. The summed E-state index contributed by atoms with van der Waals surface area (Å²) < 4.78 is 1.84. The molecule has 5 nitrogen and oxygen atoms in total. The number of likely N-dealkylation sites (tertiary alicyclic amines) is 1. The molecule has 5 heteroatoms. The summed E-state index contributed by atoms with van der Waals surface area (Å²) in [5.74, 6) is 0.539. The van der Waals surface area contributed by atoms with E-state index in [1.165, 1.54) is 12.8 Å². The lowest BCUT2D eigenvalue weighted by Gasteiger charge is -2.28. The van der Waals surface area contributed by atoms with Crippen LogP contribution < -0.4 is 0 Å². The van der Waals surface area contributed by atoms with Gasteiger partial charge in [-0.15, -0.1) is 0 Å². The average Bonchev–Trinajstić information content (AvgIpc) is 2.86. The van der Waals surface area contributed by atoms with Crippen molar-refractivity contribution in [1.29, 1.82) is 0 Å². The number of hydrogen-bond acceptors (Lipinski definition) is 4. The van der Waals surface area contributed by atoms with Crippen LogP contribution in [0.5, 0.6) is 0 Å². The smallest absolute Gasteiger partial charge is 0.107 e. The molecule has 19 heavy (non-hydrogen) atoms. The van der Waals surface area contributed by atoms with Gasteiger partial charge in [-0.3, -0.25) is 9.67 Å². The molecule has 0 saturated carbocycles. The van der Waals surface area contributed by atoms with Crippen LogP contribution in [-0.4, -0.2) is 44.8 Å². The van der Waals surface area contributed by atoms with Crippen molar-refractivity contribution in [2.75, 3.05) is 20.1 Å². The Balaban J connectivity index is 1.86. The summed E-state index contributed by atoms with van der Waals surface area (Å²) in [5, 5.41) is 4.19. The van der Waals surface area contributed by atoms with E-state index < -0.39 is 0 Å². The first-order chi connectivity index (χ1) is 9.24. The SMILES string of the molecule is CN1CCC(c2cncc(-c3ccnn3C)n2)CC1. The molecule has 1 fully saturated rings. The number of aryl methyl sites for hydroxylation is 1. The summed E-state index contributed by atoms with van der Waals surface area (Å²) in [5.41, 5.74) is 3.05. The van der Waals surface area contributed by atoms with Crippen molar-refractivity contribution < 1.29 is 0 Å². The van der Waals surface area contributed by atoms with Crippen molar-refractivity contribution in [3.63, 3.8) is 0 Å². The minimum Gasteiger partial charge on any atom is -0.306 e. The lowest BCUT2D eigenvalue weighted by atomic mass is 9.94. The van der Waals surface area contributed by atoms with Crippen molar-refractivity contribution in [3.05, 3.63) is 30.4 Å². The van der Waals surface area contributed by atoms with Crippen LogP contribution in [0.25, 0.3) is 11.4 Å². The minimum absolute atomic E-state index is 0.539. The summed E-state index contributed by atoms with van der Waals surface area (Å²) in [4.78, 5) is 11.5. The van der Waals surface area contributed by atoms with E-state index in [4.69, 9.17) is 4.98 Å². The summed E-state index contributed by atoms with van der Waals surface area (Å²) in [6, 6.07) is 1.97. The standard InChI is InChI=1S/C14H19N5/c1-18-7-4-11(5-8-18)12-9-15-10-13(17-12)14-3-6-16-19(14)2/h3,6,9-11H,4-5,7-8H2,1-2H3. The van der Waals surface area contributed by atoms with E-state index in [1.807, 2.05) is 30.2 Å². The molecule has 0 atom stereocenters. The van der Waals surface area contributed by atoms with Crippen LogP contribution in [-0.2, 0) is 7.05 Å². The predicted molar refractivity (Wildman–Crippen MR) is 73.7 cm³/mol. The van der Waals surface area contributed by atoms with Crippen molar-refractivity contribution in [2.45, 2.75) is 18.8 Å². The highest BCUT2D eigenvalue weighted by molar-refractivity contribution is 5.52. The summed E-state index contributed by atoms with van der Waals surface area (Å²) in [6.07, 6.45) is 7.85. The number of aromatic nitrogens is 4. The lowest BCUT2D eigenvalue weighted by Crippen LogP contribution is -2.29. The third-order valence-corrected chi connectivity index (χ3v) is 3.87. The monoisotopic (exact) mass is 257 g/mol. The van der Waals surface area contributed by atoms with Gasteiger partial charge in [0.1, 0.15) is 5.69 Å². The van der Waals surface area contributed by atoms with Gasteiger partial charge in [-0.1, -0.05) is 0 Å². The van der Waals surface area contributed by atoms with Crippen LogP contribution in [0.4, 0.5) is 0 Å². The Hall–Kier alpha value is -1.75. The maximum absolute atomic E-state index is 4.78. The largest absolute Gasteiger partial charge is 0.306 e. The first-order valence-corrected chi connectivity index (χ1v) is 6.73. The molecule has 3 rings (SSSR count). The Morgan fingerprint density at radius 2 is 1.95 bits per heavy atom. The minimum atomic E-state index is 0.539. The van der Waals surface area contributed by atoms with Crippen LogP contribution in [0.2, 0.25) is 0 Å². The topological polar surface area (TPSA) is 46.8 Å². The Morgan fingerprint density at radius 3 is 2.63 bits per heavy atom. The fourth-order valence-corrected chi connectivity index (χ4v) is 2.63. The normalized spacial score (nSPS) is 17.8. The van der Waals surface area contributed by atoms with E-state index in [9.17, 15) is 0 Å². The molecule has 1 aliphatic rings. The van der Waals surface area contributed by atoms with Gasteiger partial charge < -0.3 is 4.90 Å². The fraction of sp³-hybridized carbons (Fsp3) is 0.500. The van der Waals surface area contributed by atoms with Crippen molar-refractivity contribution in [2.24, 2.45) is 7.05 Å². The molecule has 2 aromatic rings. The third-order valence-electron chi connectivity index (χ3n) is 3.87. The van der Waals surface area contributed by atoms with Gasteiger partial charge in [0.05, 0.1) is 17.6 Å². The molecule has 1 saturated heterocycles. The summed E-state index contributed by atoms with van der Waals surface area (Å²) in [6.45, 7) is 2.28. The Bertz CT molecular complexity index is 554. The predicted octanol–water partition coefficient (Wildman–Crippen LogP) is 1.69. The number of piperidine rings is 1. The second-order valence-electron chi connectivity index (χ2n) is 5.25. The Morgan fingerprint density at radius 1 is 1.16 bits per heavy atom. The Labute approximate surface area is 113 Å². The van der Waals surface area contributed by atoms with E-state index in [1.54, 1.807) is 6.20 Å². The van der Waals surface area contributed by atoms with Crippen LogP contribution in [0.15, 0.2) is 24.7 Å². The van der Waals surface area contributed by atoms with E-state index >= 15 is 0 Å². The number of rotatable bonds is 2.